The highest BCUT2D eigenvalue weighted by molar-refractivity contribution is 8.00. The molecule has 1 aliphatic rings. The van der Waals surface area contributed by atoms with Crippen LogP contribution in [0.25, 0.3) is 0 Å². The zero-order valence-corrected chi connectivity index (χ0v) is 24.2. The number of carboxylic acid groups (broad SMARTS) is 1. The predicted octanol–water partition coefficient (Wildman–Crippen LogP) is 6.60. The number of anilines is 2. The number of hydrogen-bond acceptors (Lipinski definition) is 6. The molecule has 1 heterocycles. The summed E-state index contributed by atoms with van der Waals surface area (Å²) >= 11 is 25.3. The minimum absolute atomic E-state index is 0.0237. The molecule has 9 nitrogen and oxygen atoms in total. The Morgan fingerprint density at radius 1 is 0.900 bits per heavy atom. The molecule has 0 aliphatic carbocycles. The Bertz CT molecular complexity index is 1550. The van der Waals surface area contributed by atoms with Gasteiger partial charge in [-0.25, -0.2) is 4.79 Å². The second-order valence-corrected chi connectivity index (χ2v) is 11.2. The third-order valence-electron chi connectivity index (χ3n) is 5.55. The van der Waals surface area contributed by atoms with E-state index >= 15 is 0 Å². The second kappa shape index (κ2) is 12.5. The van der Waals surface area contributed by atoms with E-state index in [-0.39, 0.29) is 39.1 Å². The topological polar surface area (TPSA) is 128 Å². The van der Waals surface area contributed by atoms with Gasteiger partial charge < -0.3 is 15.7 Å². The monoisotopic (exact) mass is 638 g/mol. The molecule has 14 heteroatoms. The summed E-state index contributed by atoms with van der Waals surface area (Å²) < 4.78 is 0. The number of carboxylic acids is 1. The Kier molecular flexibility index (Phi) is 9.27. The number of hydrazone groups is 1. The van der Waals surface area contributed by atoms with Crippen LogP contribution in [0.5, 0.6) is 0 Å². The number of halogens is 4. The fourth-order valence-electron chi connectivity index (χ4n) is 3.63. The summed E-state index contributed by atoms with van der Waals surface area (Å²) in [6, 6.07) is 15.4. The second-order valence-electron chi connectivity index (χ2n) is 8.30. The van der Waals surface area contributed by atoms with Crippen LogP contribution in [-0.2, 0) is 9.59 Å². The van der Waals surface area contributed by atoms with Crippen molar-refractivity contribution in [3.05, 3.63) is 85.8 Å². The van der Waals surface area contributed by atoms with Crippen molar-refractivity contribution in [2.75, 3.05) is 10.3 Å². The molecule has 0 spiro atoms. The van der Waals surface area contributed by atoms with Crippen molar-refractivity contribution in [3.63, 3.8) is 0 Å². The van der Waals surface area contributed by atoms with Gasteiger partial charge in [0.15, 0.2) is 0 Å². The Morgan fingerprint density at radius 3 is 2.10 bits per heavy atom. The number of carbonyl (C=O) groups excluding carboxylic acids is 3. The van der Waals surface area contributed by atoms with Gasteiger partial charge in [-0.2, -0.15) is 10.1 Å². The number of amides is 3. The highest BCUT2D eigenvalue weighted by atomic mass is 35.5. The summed E-state index contributed by atoms with van der Waals surface area (Å²) in [6.07, 6.45) is -0.0237. The van der Waals surface area contributed by atoms with Crippen LogP contribution in [0.2, 0.25) is 20.1 Å². The minimum Gasteiger partial charge on any atom is -0.478 e. The molecule has 1 aliphatic heterocycles. The van der Waals surface area contributed by atoms with E-state index in [1.165, 1.54) is 16.8 Å². The minimum atomic E-state index is -1.50. The zero-order chi connectivity index (χ0) is 29.1. The summed E-state index contributed by atoms with van der Waals surface area (Å²) in [5.41, 5.74) is -0.0848. The Morgan fingerprint density at radius 2 is 1.50 bits per heavy atom. The van der Waals surface area contributed by atoms with Gasteiger partial charge in [0.25, 0.3) is 11.8 Å². The average molecular weight is 640 g/mol. The maximum Gasteiger partial charge on any atom is 0.338 e. The Labute approximate surface area is 252 Å². The van der Waals surface area contributed by atoms with Crippen molar-refractivity contribution >= 4 is 99.1 Å². The first-order valence-corrected chi connectivity index (χ1v) is 13.8. The summed E-state index contributed by atoms with van der Waals surface area (Å²) in [6.45, 7) is 1.70. The van der Waals surface area contributed by atoms with Crippen LogP contribution in [-0.4, -0.2) is 39.9 Å². The van der Waals surface area contributed by atoms with E-state index in [4.69, 9.17) is 46.4 Å². The summed E-state index contributed by atoms with van der Waals surface area (Å²) in [5, 5.41) is 18.4. The number of amidine groups is 1. The van der Waals surface area contributed by atoms with Crippen LogP contribution in [0.4, 0.5) is 11.4 Å². The van der Waals surface area contributed by atoms with E-state index in [0.29, 0.717) is 16.3 Å². The molecule has 4 rings (SSSR count). The van der Waals surface area contributed by atoms with Gasteiger partial charge in [0, 0.05) is 10.6 Å². The van der Waals surface area contributed by atoms with Crippen molar-refractivity contribution in [2.45, 2.75) is 23.5 Å². The van der Waals surface area contributed by atoms with E-state index in [9.17, 15) is 24.3 Å². The number of nitrogens with zero attached hydrogens (tertiary/aromatic N) is 2. The zero-order valence-electron chi connectivity index (χ0n) is 20.4. The smallest absolute Gasteiger partial charge is 0.338 e. The molecular formula is C26H18Cl4N4O5S. The molecule has 3 amide bonds. The number of rotatable bonds is 7. The van der Waals surface area contributed by atoms with Crippen LogP contribution in [0, 0.1) is 0 Å². The molecule has 3 aromatic rings. The van der Waals surface area contributed by atoms with Gasteiger partial charge in [-0.05, 0) is 43.3 Å². The van der Waals surface area contributed by atoms with Crippen molar-refractivity contribution < 1.29 is 24.3 Å². The molecule has 0 fully saturated rings. The lowest BCUT2D eigenvalue weighted by molar-refractivity contribution is -0.118. The molecule has 40 heavy (non-hydrogen) atoms. The lowest BCUT2D eigenvalue weighted by atomic mass is 10.1. The van der Waals surface area contributed by atoms with Crippen LogP contribution >= 0.6 is 58.2 Å². The van der Waals surface area contributed by atoms with Crippen molar-refractivity contribution in [1.29, 1.82) is 0 Å². The molecule has 3 aromatic carbocycles. The first-order valence-electron chi connectivity index (χ1n) is 11.4. The van der Waals surface area contributed by atoms with E-state index in [1.807, 2.05) is 6.07 Å². The Balaban J connectivity index is 1.40. The Hall–Kier alpha value is -3.28. The number of aromatic carboxylic acids is 1. The van der Waals surface area contributed by atoms with Gasteiger partial charge in [0.1, 0.15) is 5.84 Å². The molecule has 3 N–H and O–H groups in total. The maximum atomic E-state index is 12.9. The van der Waals surface area contributed by atoms with Crippen molar-refractivity contribution in [3.8, 4) is 0 Å². The first-order chi connectivity index (χ1) is 19.0. The number of carbonyl (C=O) groups is 4. The summed E-state index contributed by atoms with van der Waals surface area (Å²) in [5.74, 6) is -2.69. The quantitative estimate of drug-likeness (QED) is 0.152. The highest BCUT2D eigenvalue weighted by Gasteiger charge is 2.30. The van der Waals surface area contributed by atoms with E-state index in [0.717, 1.165) is 0 Å². The molecule has 0 radical (unpaired) electrons. The molecule has 0 saturated heterocycles. The van der Waals surface area contributed by atoms with E-state index in [1.54, 1.807) is 55.5 Å². The number of hydrogen-bond donors (Lipinski definition) is 3. The maximum absolute atomic E-state index is 12.9. The molecular weight excluding hydrogens is 622 g/mol. The molecule has 206 valence electrons. The van der Waals surface area contributed by atoms with Crippen LogP contribution < -0.4 is 15.6 Å². The fraction of sp³-hybridized carbons (Fsp3) is 0.115. The molecule has 0 saturated carbocycles. The standard InChI is InChI=1S/C26H18Cl4N4O5S/c1-12(24(36)32-16-11-17(35)34(33-16)14-5-3-2-4-6-14)40-15-9-7-13(8-10-15)31-25(37)18-19(26(38)39)21(28)23(30)22(29)20(18)27/h2-10,12H,11H2,1H3,(H,31,37)(H,38,39)(H,32,33,36). The molecule has 0 aromatic heterocycles. The lowest BCUT2D eigenvalue weighted by Crippen LogP contribution is -2.35. The van der Waals surface area contributed by atoms with E-state index < -0.39 is 33.3 Å². The normalized spacial score (nSPS) is 13.6. The van der Waals surface area contributed by atoms with Crippen molar-refractivity contribution in [2.24, 2.45) is 5.10 Å². The molecule has 1 atom stereocenters. The first kappa shape index (κ1) is 29.7. The van der Waals surface area contributed by atoms with Crippen LogP contribution in [0.1, 0.15) is 34.1 Å². The van der Waals surface area contributed by atoms with Crippen LogP contribution in [0.15, 0.2) is 64.6 Å². The predicted molar refractivity (Wildman–Crippen MR) is 157 cm³/mol. The number of benzene rings is 3. The average Bonchev–Trinajstić information content (AvgIpc) is 3.30. The van der Waals surface area contributed by atoms with Gasteiger partial charge in [0.2, 0.25) is 5.91 Å². The summed E-state index contributed by atoms with van der Waals surface area (Å²) in [4.78, 5) is 50.4. The van der Waals surface area contributed by atoms with Gasteiger partial charge in [-0.1, -0.05) is 64.6 Å². The third kappa shape index (κ3) is 6.37. The fourth-order valence-corrected chi connectivity index (χ4v) is 5.51. The van der Waals surface area contributed by atoms with Crippen LogP contribution in [0.3, 0.4) is 0 Å². The summed E-state index contributed by atoms with van der Waals surface area (Å²) in [7, 11) is 0. The van der Waals surface area contributed by atoms with Gasteiger partial charge in [0.05, 0.1) is 48.6 Å². The number of para-hydroxylation sites is 1. The molecule has 0 bridgehead atoms. The molecule has 1 unspecified atom stereocenters. The lowest BCUT2D eigenvalue weighted by Gasteiger charge is -2.14. The van der Waals surface area contributed by atoms with Crippen molar-refractivity contribution in [1.82, 2.24) is 5.32 Å². The van der Waals surface area contributed by atoms with Gasteiger partial charge >= 0.3 is 5.97 Å². The number of nitrogens with one attached hydrogen (secondary N) is 2. The number of thioether (sulfide) groups is 1. The largest absolute Gasteiger partial charge is 0.478 e. The van der Waals surface area contributed by atoms with E-state index in [2.05, 4.69) is 15.7 Å². The van der Waals surface area contributed by atoms with Gasteiger partial charge in [-0.3, -0.25) is 14.4 Å². The third-order valence-corrected chi connectivity index (χ3v) is 8.46. The highest BCUT2D eigenvalue weighted by Crippen LogP contribution is 2.42. The SMILES string of the molecule is CC(Sc1ccc(NC(=O)c2c(Cl)c(Cl)c(Cl)c(Cl)c2C(=O)O)cc1)C(=O)NC1=NN(c2ccccc2)C(=O)C1. The van der Waals surface area contributed by atoms with Gasteiger partial charge in [-0.15, -0.1) is 11.8 Å².